The third-order valence-electron chi connectivity index (χ3n) is 5.79. The lowest BCUT2D eigenvalue weighted by molar-refractivity contribution is 0.479. The van der Waals surface area contributed by atoms with Gasteiger partial charge in [-0.25, -0.2) is 9.97 Å². The molecule has 1 aliphatic heterocycles. The molecule has 5 rings (SSSR count). The highest BCUT2D eigenvalue weighted by Gasteiger charge is 2.25. The number of nitrogens with zero attached hydrogens (tertiary/aromatic N) is 4. The van der Waals surface area contributed by atoms with Crippen molar-refractivity contribution in [3.05, 3.63) is 60.0 Å². The van der Waals surface area contributed by atoms with Crippen LogP contribution in [0.3, 0.4) is 0 Å². The molecule has 0 atom stereocenters. The molecule has 1 saturated carbocycles. The predicted octanol–water partition coefficient (Wildman–Crippen LogP) is 4.20. The third-order valence-corrected chi connectivity index (χ3v) is 5.79. The maximum absolute atomic E-state index is 9.15. The molecule has 3 aromatic heterocycles. The van der Waals surface area contributed by atoms with Crippen LogP contribution >= 0.6 is 0 Å². The predicted molar refractivity (Wildman–Crippen MR) is 121 cm³/mol. The fourth-order valence-corrected chi connectivity index (χ4v) is 3.98. The van der Waals surface area contributed by atoms with Crippen molar-refractivity contribution in [3.8, 4) is 17.3 Å². The van der Waals surface area contributed by atoms with Crippen LogP contribution in [0, 0.1) is 11.3 Å². The first kappa shape index (κ1) is 19.5. The Morgan fingerprint density at radius 1 is 1.00 bits per heavy atom. The minimum atomic E-state index is 0.472. The van der Waals surface area contributed by atoms with E-state index in [2.05, 4.69) is 50.2 Å². The Morgan fingerprint density at radius 2 is 1.87 bits per heavy atom. The van der Waals surface area contributed by atoms with E-state index >= 15 is 0 Å². The number of pyridine rings is 3. The monoisotopic (exact) mass is 411 g/mol. The zero-order valence-corrected chi connectivity index (χ0v) is 17.3. The molecule has 0 spiro atoms. The van der Waals surface area contributed by atoms with Crippen molar-refractivity contribution < 1.29 is 0 Å². The van der Waals surface area contributed by atoms with E-state index in [0.717, 1.165) is 48.7 Å². The largest absolute Gasteiger partial charge is 0.381 e. The molecule has 3 aromatic rings. The van der Waals surface area contributed by atoms with E-state index in [4.69, 9.17) is 10.2 Å². The van der Waals surface area contributed by atoms with Crippen molar-refractivity contribution in [2.45, 2.75) is 37.6 Å². The van der Waals surface area contributed by atoms with E-state index in [0.29, 0.717) is 23.3 Å². The number of hydrogen-bond donors (Lipinski definition) is 3. The fourth-order valence-electron chi connectivity index (χ4n) is 3.98. The number of nitrogens with one attached hydrogen (secondary N) is 3. The second kappa shape index (κ2) is 8.70. The summed E-state index contributed by atoms with van der Waals surface area (Å²) >= 11 is 0. The van der Waals surface area contributed by atoms with Crippen LogP contribution in [0.15, 0.2) is 48.9 Å². The first-order chi connectivity index (χ1) is 15.3. The second-order valence-corrected chi connectivity index (χ2v) is 8.24. The van der Waals surface area contributed by atoms with Gasteiger partial charge in [0.25, 0.3) is 0 Å². The van der Waals surface area contributed by atoms with Crippen LogP contribution in [-0.2, 0) is 0 Å². The SMILES string of the molecule is N#Cc1ccnc(Nc2cc(C3CC3)cc(-c3cncc(NC4CCNCC4)c3)n2)c1. The quantitative estimate of drug-likeness (QED) is 0.559. The highest BCUT2D eigenvalue weighted by Crippen LogP contribution is 2.42. The number of rotatable bonds is 6. The molecular weight excluding hydrogens is 386 g/mol. The molecule has 0 bridgehead atoms. The number of nitriles is 1. The van der Waals surface area contributed by atoms with Crippen LogP contribution in [-0.4, -0.2) is 34.1 Å². The Labute approximate surface area is 182 Å². The molecule has 4 heterocycles. The van der Waals surface area contributed by atoms with Crippen LogP contribution in [0.2, 0.25) is 0 Å². The summed E-state index contributed by atoms with van der Waals surface area (Å²) in [6.07, 6.45) is 10.0. The third kappa shape index (κ3) is 4.81. The van der Waals surface area contributed by atoms with Gasteiger partial charge in [0, 0.05) is 30.2 Å². The summed E-state index contributed by atoms with van der Waals surface area (Å²) in [5.41, 5.74) is 4.76. The van der Waals surface area contributed by atoms with Gasteiger partial charge in [0.1, 0.15) is 11.6 Å². The average Bonchev–Trinajstić information content (AvgIpc) is 3.66. The van der Waals surface area contributed by atoms with Crippen molar-refractivity contribution in [2.24, 2.45) is 0 Å². The smallest absolute Gasteiger partial charge is 0.132 e. The Bertz CT molecular complexity index is 1110. The van der Waals surface area contributed by atoms with E-state index in [1.54, 1.807) is 18.3 Å². The van der Waals surface area contributed by atoms with Crippen molar-refractivity contribution in [1.29, 1.82) is 5.26 Å². The van der Waals surface area contributed by atoms with Crippen LogP contribution in [0.4, 0.5) is 17.3 Å². The zero-order chi connectivity index (χ0) is 21.0. The van der Waals surface area contributed by atoms with Crippen LogP contribution in [0.5, 0.6) is 0 Å². The van der Waals surface area contributed by atoms with Gasteiger partial charge in [0.2, 0.25) is 0 Å². The summed E-state index contributed by atoms with van der Waals surface area (Å²) in [7, 11) is 0. The Kier molecular flexibility index (Phi) is 5.46. The number of aromatic nitrogens is 3. The summed E-state index contributed by atoms with van der Waals surface area (Å²) in [5.74, 6) is 1.94. The van der Waals surface area contributed by atoms with E-state index in [1.165, 1.54) is 18.4 Å². The molecule has 2 aliphatic rings. The summed E-state index contributed by atoms with van der Waals surface area (Å²) < 4.78 is 0. The lowest BCUT2D eigenvalue weighted by atomic mass is 10.1. The molecule has 31 heavy (non-hydrogen) atoms. The average molecular weight is 412 g/mol. The van der Waals surface area contributed by atoms with Gasteiger partial charge >= 0.3 is 0 Å². The van der Waals surface area contributed by atoms with Gasteiger partial charge in [0.15, 0.2) is 0 Å². The highest BCUT2D eigenvalue weighted by molar-refractivity contribution is 5.68. The maximum atomic E-state index is 9.15. The van der Waals surface area contributed by atoms with E-state index in [1.807, 2.05) is 12.4 Å². The van der Waals surface area contributed by atoms with Gasteiger partial charge in [0.05, 0.1) is 23.0 Å². The topological polar surface area (TPSA) is 98.5 Å². The minimum Gasteiger partial charge on any atom is -0.381 e. The number of piperidine rings is 1. The maximum Gasteiger partial charge on any atom is 0.132 e. The minimum absolute atomic E-state index is 0.472. The van der Waals surface area contributed by atoms with Gasteiger partial charge in [-0.3, -0.25) is 4.98 Å². The van der Waals surface area contributed by atoms with E-state index in [-0.39, 0.29) is 0 Å². The van der Waals surface area contributed by atoms with Gasteiger partial charge in [-0.1, -0.05) is 0 Å². The summed E-state index contributed by atoms with van der Waals surface area (Å²) in [6, 6.07) is 12.4. The van der Waals surface area contributed by atoms with Gasteiger partial charge in [-0.15, -0.1) is 0 Å². The van der Waals surface area contributed by atoms with Crippen molar-refractivity contribution in [3.63, 3.8) is 0 Å². The van der Waals surface area contributed by atoms with Gasteiger partial charge in [-0.2, -0.15) is 5.26 Å². The normalized spacial score (nSPS) is 16.5. The Hall–Kier alpha value is -3.50. The molecule has 0 aromatic carbocycles. The molecule has 2 fully saturated rings. The lowest BCUT2D eigenvalue weighted by Crippen LogP contribution is -2.35. The number of hydrogen-bond acceptors (Lipinski definition) is 7. The first-order valence-corrected chi connectivity index (χ1v) is 10.8. The van der Waals surface area contributed by atoms with E-state index < -0.39 is 0 Å². The lowest BCUT2D eigenvalue weighted by Gasteiger charge is -2.24. The van der Waals surface area contributed by atoms with Crippen LogP contribution in [0.25, 0.3) is 11.3 Å². The molecule has 1 aliphatic carbocycles. The first-order valence-electron chi connectivity index (χ1n) is 10.8. The molecule has 0 amide bonds. The Balaban J connectivity index is 1.43. The number of anilines is 3. The summed E-state index contributed by atoms with van der Waals surface area (Å²) in [5, 5.41) is 19.4. The Morgan fingerprint density at radius 3 is 2.68 bits per heavy atom. The second-order valence-electron chi connectivity index (χ2n) is 8.24. The van der Waals surface area contributed by atoms with Gasteiger partial charge < -0.3 is 16.0 Å². The van der Waals surface area contributed by atoms with Crippen molar-refractivity contribution in [2.75, 3.05) is 23.7 Å². The highest BCUT2D eigenvalue weighted by atomic mass is 15.1. The summed E-state index contributed by atoms with van der Waals surface area (Å²) in [6.45, 7) is 2.09. The molecule has 156 valence electrons. The molecular formula is C24H25N7. The van der Waals surface area contributed by atoms with Crippen molar-refractivity contribution in [1.82, 2.24) is 20.3 Å². The van der Waals surface area contributed by atoms with Crippen molar-refractivity contribution >= 4 is 17.3 Å². The summed E-state index contributed by atoms with van der Waals surface area (Å²) in [4.78, 5) is 13.6. The molecule has 7 heteroatoms. The molecule has 1 saturated heterocycles. The fraction of sp³-hybridized carbons (Fsp3) is 0.333. The van der Waals surface area contributed by atoms with Crippen LogP contribution in [0.1, 0.15) is 42.7 Å². The molecule has 3 N–H and O–H groups in total. The van der Waals surface area contributed by atoms with Gasteiger partial charge in [-0.05, 0) is 80.6 Å². The molecule has 7 nitrogen and oxygen atoms in total. The standard InChI is InChI=1S/C24H25N7/c25-13-16-3-8-28-23(9-16)31-24-12-18(17-1-2-17)11-22(30-24)19-10-21(15-27-14-19)29-20-4-6-26-7-5-20/h3,8-12,14-15,17,20,26,29H,1-2,4-7H2,(H,28,30,31). The zero-order valence-electron chi connectivity index (χ0n) is 17.3. The van der Waals surface area contributed by atoms with E-state index in [9.17, 15) is 0 Å². The molecule has 0 radical (unpaired) electrons. The van der Waals surface area contributed by atoms with Crippen LogP contribution < -0.4 is 16.0 Å². The molecule has 0 unspecified atom stereocenters.